The van der Waals surface area contributed by atoms with Crippen molar-refractivity contribution in [3.8, 4) is 0 Å². The van der Waals surface area contributed by atoms with E-state index in [2.05, 4.69) is 71.2 Å². The molecule has 3 fully saturated rings. The maximum absolute atomic E-state index is 2.66. The molecule has 6 heteroatoms. The van der Waals surface area contributed by atoms with Gasteiger partial charge in [-0.2, -0.15) is 0 Å². The largest absolute Gasteiger partial charge is 0.309 e. The van der Waals surface area contributed by atoms with Crippen LogP contribution in [0.25, 0.3) is 0 Å². The van der Waals surface area contributed by atoms with Gasteiger partial charge in [-0.05, 0) is 196 Å². The lowest BCUT2D eigenvalue weighted by molar-refractivity contribution is 0.223. The third kappa shape index (κ3) is 27.5. The molecule has 0 amide bonds. The normalized spacial score (nSPS) is 17.9. The van der Waals surface area contributed by atoms with E-state index in [1.807, 2.05) is 0 Å². The van der Waals surface area contributed by atoms with Crippen LogP contribution in [0.15, 0.2) is 0 Å². The molecule has 0 unspecified atom stereocenters. The van der Waals surface area contributed by atoms with Gasteiger partial charge >= 0.3 is 0 Å². The minimum Gasteiger partial charge on any atom is -0.309 e. The smallest absolute Gasteiger partial charge is 0.00183 e. The molecule has 0 radical (unpaired) electrons. The van der Waals surface area contributed by atoms with Crippen molar-refractivity contribution in [2.24, 2.45) is 0 Å². The van der Waals surface area contributed by atoms with E-state index in [1.54, 1.807) is 0 Å². The lowest BCUT2D eigenvalue weighted by atomic mass is 10.1. The first kappa shape index (κ1) is 45.8. The second-order valence-electron chi connectivity index (χ2n) is 15.5. The van der Waals surface area contributed by atoms with Crippen molar-refractivity contribution >= 4 is 0 Å². The second kappa shape index (κ2) is 33.9. The number of hydrogen-bond acceptors (Lipinski definition) is 6. The van der Waals surface area contributed by atoms with Crippen LogP contribution < -0.4 is 0 Å². The Balaban J connectivity index is 0.000000361. The molecule has 3 rings (SSSR count). The quantitative estimate of drug-likeness (QED) is 0.0892. The van der Waals surface area contributed by atoms with Gasteiger partial charge in [0.15, 0.2) is 0 Å². The van der Waals surface area contributed by atoms with Gasteiger partial charge in [0.1, 0.15) is 0 Å². The summed E-state index contributed by atoms with van der Waals surface area (Å²) in [4.78, 5) is 15.3. The first-order chi connectivity index (χ1) is 23.5. The zero-order valence-corrected chi connectivity index (χ0v) is 34.1. The van der Waals surface area contributed by atoms with Crippen molar-refractivity contribution < 1.29 is 0 Å². The van der Waals surface area contributed by atoms with Gasteiger partial charge in [0.05, 0.1) is 0 Å². The van der Waals surface area contributed by atoms with Gasteiger partial charge in [0, 0.05) is 0 Å². The standard InChI is InChI=1S/C15H32N2.C14H30N2.C13H28N2/c1-3-16(4-2)12-8-5-6-9-13-17-14-10-7-11-15-17;1-3-15(4-2)11-7-5-6-8-12-16-13-9-10-14-16;1-14(2)10-6-3-4-7-11-15-12-8-5-9-13-15/h3-15H2,1-2H3;3-14H2,1-2H3;3-13H2,1-2H3. The van der Waals surface area contributed by atoms with E-state index in [4.69, 9.17) is 0 Å². The van der Waals surface area contributed by atoms with E-state index in [9.17, 15) is 0 Å². The fraction of sp³-hybridized carbons (Fsp3) is 1.00. The molecule has 0 N–H and O–H groups in total. The zero-order chi connectivity index (χ0) is 34.9. The number of unbranched alkanes of at least 4 members (excludes halogenated alkanes) is 9. The Hall–Kier alpha value is -0.240. The molecule has 48 heavy (non-hydrogen) atoms. The second-order valence-corrected chi connectivity index (χ2v) is 15.5. The van der Waals surface area contributed by atoms with Crippen LogP contribution in [-0.2, 0) is 0 Å². The highest BCUT2D eigenvalue weighted by atomic mass is 15.1. The molecule has 3 aliphatic heterocycles. The van der Waals surface area contributed by atoms with Crippen LogP contribution in [0.3, 0.4) is 0 Å². The zero-order valence-electron chi connectivity index (χ0n) is 34.1. The van der Waals surface area contributed by atoms with E-state index in [-0.39, 0.29) is 0 Å². The Morgan fingerprint density at radius 2 is 0.604 bits per heavy atom. The van der Waals surface area contributed by atoms with Gasteiger partial charge in [-0.15, -0.1) is 0 Å². The highest BCUT2D eigenvalue weighted by Gasteiger charge is 2.11. The maximum Gasteiger partial charge on any atom is -0.00183 e. The van der Waals surface area contributed by atoms with Gasteiger partial charge in [-0.1, -0.05) is 79.1 Å². The van der Waals surface area contributed by atoms with E-state index >= 15 is 0 Å². The molecule has 0 atom stereocenters. The monoisotopic (exact) mass is 679 g/mol. The molecular formula is C42H90N6. The Morgan fingerprint density at radius 3 is 0.896 bits per heavy atom. The van der Waals surface area contributed by atoms with Crippen molar-refractivity contribution in [3.63, 3.8) is 0 Å². The van der Waals surface area contributed by atoms with Crippen LogP contribution in [0.4, 0.5) is 0 Å². The first-order valence-electron chi connectivity index (χ1n) is 21.8. The number of nitrogens with zero attached hydrogens (tertiary/aromatic N) is 6. The third-order valence-electron chi connectivity index (χ3n) is 11.1. The highest BCUT2D eigenvalue weighted by molar-refractivity contribution is 4.67. The van der Waals surface area contributed by atoms with Crippen molar-refractivity contribution in [1.82, 2.24) is 29.4 Å². The maximum atomic E-state index is 2.66. The Bertz CT molecular complexity index is 614. The third-order valence-corrected chi connectivity index (χ3v) is 11.1. The highest BCUT2D eigenvalue weighted by Crippen LogP contribution is 2.12. The van der Waals surface area contributed by atoms with E-state index in [0.29, 0.717) is 0 Å². The van der Waals surface area contributed by atoms with Crippen LogP contribution in [0.2, 0.25) is 0 Å². The van der Waals surface area contributed by atoms with Crippen LogP contribution in [0.5, 0.6) is 0 Å². The molecule has 0 aliphatic carbocycles. The number of hydrogen-bond donors (Lipinski definition) is 0. The van der Waals surface area contributed by atoms with Crippen molar-refractivity contribution in [2.75, 3.05) is 119 Å². The molecule has 0 aromatic heterocycles. The Labute approximate surface area is 303 Å². The van der Waals surface area contributed by atoms with Crippen molar-refractivity contribution in [1.29, 1.82) is 0 Å². The molecule has 3 saturated heterocycles. The fourth-order valence-corrected chi connectivity index (χ4v) is 7.62. The van der Waals surface area contributed by atoms with Crippen LogP contribution in [0, 0.1) is 0 Å². The summed E-state index contributed by atoms with van der Waals surface area (Å²) >= 11 is 0. The molecule has 6 nitrogen and oxygen atoms in total. The Kier molecular flexibility index (Phi) is 32.3. The van der Waals surface area contributed by atoms with Gasteiger partial charge in [0.25, 0.3) is 0 Å². The molecule has 0 aromatic rings. The summed E-state index contributed by atoms with van der Waals surface area (Å²) in [5.41, 5.74) is 0. The van der Waals surface area contributed by atoms with E-state index in [1.165, 1.54) is 233 Å². The Morgan fingerprint density at radius 1 is 0.333 bits per heavy atom. The topological polar surface area (TPSA) is 19.4 Å². The molecule has 0 aromatic carbocycles. The predicted molar refractivity (Wildman–Crippen MR) is 216 cm³/mol. The lowest BCUT2D eigenvalue weighted by Crippen LogP contribution is -2.30. The lowest BCUT2D eigenvalue weighted by Gasteiger charge is -2.26. The van der Waals surface area contributed by atoms with Gasteiger partial charge in [0.2, 0.25) is 0 Å². The van der Waals surface area contributed by atoms with Crippen LogP contribution in [0.1, 0.15) is 156 Å². The van der Waals surface area contributed by atoms with Gasteiger partial charge in [-0.25, -0.2) is 0 Å². The summed E-state index contributed by atoms with van der Waals surface area (Å²) in [6.45, 7) is 30.0. The fourth-order valence-electron chi connectivity index (χ4n) is 7.62. The number of likely N-dealkylation sites (tertiary alicyclic amines) is 3. The summed E-state index contributed by atoms with van der Waals surface area (Å²) in [5, 5.41) is 0. The molecule has 3 heterocycles. The first-order valence-corrected chi connectivity index (χ1v) is 21.8. The molecule has 288 valence electrons. The molecule has 0 spiro atoms. The summed E-state index contributed by atoms with van der Waals surface area (Å²) in [6.07, 6.45) is 28.4. The van der Waals surface area contributed by atoms with Gasteiger partial charge < -0.3 is 29.4 Å². The SMILES string of the molecule is CCN(CC)CCCCCCN1CCCC1.CCN(CC)CCCCCCN1CCCCC1.CN(C)CCCCCCN1CCCCC1. The predicted octanol–water partition coefficient (Wildman–Crippen LogP) is 8.95. The minimum absolute atomic E-state index is 1.21. The summed E-state index contributed by atoms with van der Waals surface area (Å²) in [7, 11) is 4.32. The van der Waals surface area contributed by atoms with Crippen LogP contribution >= 0.6 is 0 Å². The van der Waals surface area contributed by atoms with Crippen molar-refractivity contribution in [2.45, 2.75) is 156 Å². The average Bonchev–Trinajstić information content (AvgIpc) is 3.64. The summed E-state index contributed by atoms with van der Waals surface area (Å²) in [6, 6.07) is 0. The van der Waals surface area contributed by atoms with E-state index < -0.39 is 0 Å². The summed E-state index contributed by atoms with van der Waals surface area (Å²) < 4.78 is 0. The van der Waals surface area contributed by atoms with Crippen LogP contribution in [-0.4, -0.2) is 148 Å². The molecule has 0 saturated carbocycles. The molecule has 3 aliphatic rings. The molecular weight excluding hydrogens is 589 g/mol. The summed E-state index contributed by atoms with van der Waals surface area (Å²) in [5.74, 6) is 0. The average molecular weight is 679 g/mol. The van der Waals surface area contributed by atoms with Gasteiger partial charge in [-0.3, -0.25) is 0 Å². The minimum atomic E-state index is 1.21. The molecule has 0 bridgehead atoms. The van der Waals surface area contributed by atoms with E-state index in [0.717, 1.165) is 0 Å². The number of rotatable bonds is 25. The van der Waals surface area contributed by atoms with Crippen molar-refractivity contribution in [3.05, 3.63) is 0 Å². The number of piperidine rings is 2.